The maximum absolute atomic E-state index is 11.2. The molecule has 1 aromatic rings. The highest BCUT2D eigenvalue weighted by Crippen LogP contribution is 2.49. The molecule has 1 unspecified atom stereocenters. The molecule has 32 heavy (non-hydrogen) atoms. The van der Waals surface area contributed by atoms with E-state index in [1.54, 1.807) is 11.3 Å². The number of hydrogen-bond acceptors (Lipinski definition) is 6. The van der Waals surface area contributed by atoms with Crippen molar-refractivity contribution in [3.63, 3.8) is 0 Å². The molecule has 1 heterocycles. The molecule has 2 aliphatic carbocycles. The van der Waals surface area contributed by atoms with Gasteiger partial charge in [-0.05, 0) is 62.3 Å². The lowest BCUT2D eigenvalue weighted by Gasteiger charge is -2.45. The number of rotatable bonds is 11. The van der Waals surface area contributed by atoms with E-state index in [2.05, 4.69) is 28.3 Å². The van der Waals surface area contributed by atoms with Crippen LogP contribution >= 0.6 is 11.3 Å². The fourth-order valence-electron chi connectivity index (χ4n) is 5.18. The van der Waals surface area contributed by atoms with Crippen molar-refractivity contribution in [3.8, 4) is 6.07 Å². The Bertz CT molecular complexity index is 821. The molecular weight excluding hydrogens is 422 g/mol. The van der Waals surface area contributed by atoms with E-state index in [0.29, 0.717) is 19.3 Å². The summed E-state index contributed by atoms with van der Waals surface area (Å²) in [5.41, 5.74) is -0.117. The largest absolute Gasteiger partial charge is 0.469 e. The van der Waals surface area contributed by atoms with Gasteiger partial charge >= 0.3 is 5.97 Å². The van der Waals surface area contributed by atoms with Gasteiger partial charge in [0.1, 0.15) is 0 Å². The Morgan fingerprint density at radius 1 is 1.41 bits per heavy atom. The van der Waals surface area contributed by atoms with Gasteiger partial charge in [-0.2, -0.15) is 5.26 Å². The van der Waals surface area contributed by atoms with Gasteiger partial charge in [0.2, 0.25) is 0 Å². The molecule has 0 saturated heterocycles. The third-order valence-electron chi connectivity index (χ3n) is 7.28. The van der Waals surface area contributed by atoms with Gasteiger partial charge in [-0.3, -0.25) is 4.79 Å². The molecule has 0 aliphatic heterocycles. The summed E-state index contributed by atoms with van der Waals surface area (Å²) < 4.78 is 4.65. The minimum Gasteiger partial charge on any atom is -0.469 e. The molecule has 0 amide bonds. The van der Waals surface area contributed by atoms with Crippen molar-refractivity contribution in [2.45, 2.75) is 75.4 Å². The second-order valence-corrected chi connectivity index (χ2v) is 10.1. The number of carbonyl (C=O) groups excluding carboxylic acids is 1. The summed E-state index contributed by atoms with van der Waals surface area (Å²) in [4.78, 5) is 12.4. The number of nitrogens with zero attached hydrogens (tertiary/aromatic N) is 1. The number of nitriles is 1. The SMILES string of the molecule is COC(=O)CCCC=CC[C@@H]1[C@@H](C=CCC(O)C2(c3cccs3)CCC2)[C@H](O)C[C@H]1C#N. The molecule has 5 atom stereocenters. The lowest BCUT2D eigenvalue weighted by Crippen LogP contribution is -2.44. The van der Waals surface area contributed by atoms with Crippen LogP contribution < -0.4 is 0 Å². The van der Waals surface area contributed by atoms with Crippen LogP contribution in [0.2, 0.25) is 0 Å². The van der Waals surface area contributed by atoms with Crippen molar-refractivity contribution in [3.05, 3.63) is 46.7 Å². The Hall–Kier alpha value is -1.94. The summed E-state index contributed by atoms with van der Waals surface area (Å²) in [6.45, 7) is 0. The molecule has 6 heteroatoms. The number of hydrogen-bond donors (Lipinski definition) is 2. The van der Waals surface area contributed by atoms with Crippen LogP contribution in [0, 0.1) is 29.1 Å². The van der Waals surface area contributed by atoms with E-state index >= 15 is 0 Å². The van der Waals surface area contributed by atoms with Gasteiger partial charge in [-0.25, -0.2) is 0 Å². The summed E-state index contributed by atoms with van der Waals surface area (Å²) >= 11 is 1.72. The summed E-state index contributed by atoms with van der Waals surface area (Å²) in [6.07, 6.45) is 14.1. The van der Waals surface area contributed by atoms with E-state index in [0.717, 1.165) is 38.5 Å². The first-order chi connectivity index (χ1) is 15.5. The Balaban J connectivity index is 1.55. The number of aliphatic hydroxyl groups is 2. The Morgan fingerprint density at radius 3 is 2.84 bits per heavy atom. The van der Waals surface area contributed by atoms with E-state index in [-0.39, 0.29) is 29.1 Å². The normalized spacial score (nSPS) is 27.9. The van der Waals surface area contributed by atoms with Crippen molar-refractivity contribution in [2.24, 2.45) is 17.8 Å². The Morgan fingerprint density at radius 2 is 2.22 bits per heavy atom. The van der Waals surface area contributed by atoms with Crippen molar-refractivity contribution >= 4 is 17.3 Å². The number of unbranched alkanes of at least 4 members (excludes halogenated alkanes) is 1. The zero-order valence-corrected chi connectivity index (χ0v) is 19.7. The fraction of sp³-hybridized carbons (Fsp3) is 0.615. The molecular formula is C26H35NO4S. The lowest BCUT2D eigenvalue weighted by atomic mass is 9.63. The van der Waals surface area contributed by atoms with Crippen LogP contribution in [0.5, 0.6) is 0 Å². The highest BCUT2D eigenvalue weighted by atomic mass is 32.1. The van der Waals surface area contributed by atoms with E-state index in [1.807, 2.05) is 24.3 Å². The summed E-state index contributed by atoms with van der Waals surface area (Å²) in [6, 6.07) is 6.55. The van der Waals surface area contributed by atoms with Crippen LogP contribution in [-0.4, -0.2) is 35.5 Å². The quantitative estimate of drug-likeness (QED) is 0.280. The molecule has 2 aliphatic rings. The molecule has 3 rings (SSSR count). The third kappa shape index (κ3) is 5.70. The van der Waals surface area contributed by atoms with E-state index in [9.17, 15) is 20.3 Å². The fourth-order valence-corrected chi connectivity index (χ4v) is 6.21. The summed E-state index contributed by atoms with van der Waals surface area (Å²) in [5, 5.41) is 33.2. The van der Waals surface area contributed by atoms with Crippen molar-refractivity contribution < 1.29 is 19.7 Å². The molecule has 0 bridgehead atoms. The first kappa shape index (κ1) is 24.7. The molecule has 2 N–H and O–H groups in total. The van der Waals surface area contributed by atoms with Crippen LogP contribution in [0.3, 0.4) is 0 Å². The van der Waals surface area contributed by atoms with Crippen LogP contribution in [0.25, 0.3) is 0 Å². The number of aliphatic hydroxyl groups excluding tert-OH is 2. The second kappa shape index (κ2) is 11.8. The summed E-state index contributed by atoms with van der Waals surface area (Å²) in [5.74, 6) is -0.383. The molecule has 0 aromatic carbocycles. The van der Waals surface area contributed by atoms with Crippen LogP contribution in [-0.2, 0) is 14.9 Å². The van der Waals surface area contributed by atoms with Crippen LogP contribution in [0.4, 0.5) is 0 Å². The number of allylic oxidation sites excluding steroid dienone is 2. The first-order valence-electron chi connectivity index (χ1n) is 11.7. The molecule has 1 aromatic heterocycles. The minimum atomic E-state index is -0.527. The van der Waals surface area contributed by atoms with Crippen molar-refractivity contribution in [2.75, 3.05) is 7.11 Å². The number of thiophene rings is 1. The van der Waals surface area contributed by atoms with E-state index in [1.165, 1.54) is 12.0 Å². The third-order valence-corrected chi connectivity index (χ3v) is 8.37. The number of ether oxygens (including phenoxy) is 1. The van der Waals surface area contributed by atoms with E-state index in [4.69, 9.17) is 0 Å². The maximum atomic E-state index is 11.2. The molecule has 2 fully saturated rings. The molecule has 0 radical (unpaired) electrons. The maximum Gasteiger partial charge on any atom is 0.305 e. The first-order valence-corrected chi connectivity index (χ1v) is 12.6. The molecule has 0 spiro atoms. The predicted octanol–water partition coefficient (Wildman–Crippen LogP) is 4.90. The highest BCUT2D eigenvalue weighted by molar-refractivity contribution is 7.10. The molecule has 174 valence electrons. The smallest absolute Gasteiger partial charge is 0.305 e. The van der Waals surface area contributed by atoms with Crippen LogP contribution in [0.1, 0.15) is 62.7 Å². The minimum absolute atomic E-state index is 0.0650. The van der Waals surface area contributed by atoms with Gasteiger partial charge in [-0.15, -0.1) is 11.3 Å². The van der Waals surface area contributed by atoms with Gasteiger partial charge in [0, 0.05) is 22.6 Å². The van der Waals surface area contributed by atoms with Gasteiger partial charge in [0.15, 0.2) is 0 Å². The average molecular weight is 458 g/mol. The lowest BCUT2D eigenvalue weighted by molar-refractivity contribution is -0.140. The van der Waals surface area contributed by atoms with Gasteiger partial charge in [0.05, 0.1) is 31.3 Å². The monoisotopic (exact) mass is 457 g/mol. The zero-order valence-electron chi connectivity index (χ0n) is 18.9. The van der Waals surface area contributed by atoms with Crippen molar-refractivity contribution in [1.29, 1.82) is 5.26 Å². The predicted molar refractivity (Wildman–Crippen MR) is 126 cm³/mol. The Labute approximate surface area is 195 Å². The average Bonchev–Trinajstić information content (AvgIpc) is 3.38. The summed E-state index contributed by atoms with van der Waals surface area (Å²) in [7, 11) is 1.40. The molecule has 2 saturated carbocycles. The second-order valence-electron chi connectivity index (χ2n) is 9.12. The zero-order chi connectivity index (χ0) is 23.0. The topological polar surface area (TPSA) is 90.6 Å². The van der Waals surface area contributed by atoms with Gasteiger partial charge in [0.25, 0.3) is 0 Å². The van der Waals surface area contributed by atoms with Crippen LogP contribution in [0.15, 0.2) is 41.8 Å². The number of methoxy groups -OCH3 is 1. The van der Waals surface area contributed by atoms with E-state index < -0.39 is 12.2 Å². The number of carbonyl (C=O) groups is 1. The van der Waals surface area contributed by atoms with Gasteiger partial charge in [-0.1, -0.05) is 36.8 Å². The highest BCUT2D eigenvalue weighted by Gasteiger charge is 2.45. The number of esters is 1. The standard InChI is InChI=1S/C26H35NO4S/c1-31-25(30)13-5-3-2-4-9-20-19(18-27)17-22(28)21(20)10-6-11-23(29)26(14-8-15-26)24-12-7-16-32-24/h2,4,6-7,10,12,16,19-23,28-29H,3,5,8-9,11,13-15,17H2,1H3/t19-,20-,21+,22+,23?/m0/s1. The Kier molecular flexibility index (Phi) is 9.10. The van der Waals surface area contributed by atoms with Gasteiger partial charge < -0.3 is 14.9 Å². The molecule has 5 nitrogen and oxygen atoms in total. The van der Waals surface area contributed by atoms with Crippen molar-refractivity contribution in [1.82, 2.24) is 0 Å².